The van der Waals surface area contributed by atoms with Crippen LogP contribution >= 0.6 is 0 Å². The lowest BCUT2D eigenvalue weighted by Crippen LogP contribution is -2.72. The fourth-order valence-electron chi connectivity index (χ4n) is 10.7. The summed E-state index contributed by atoms with van der Waals surface area (Å²) in [5, 5.41) is 0. The van der Waals surface area contributed by atoms with Gasteiger partial charge in [0.2, 0.25) is 0 Å². The van der Waals surface area contributed by atoms with E-state index in [4.69, 9.17) is 28.1 Å². The minimum absolute atomic E-state index is 0.0212. The molecule has 1 aromatic heterocycles. The second kappa shape index (κ2) is 12.0. The largest absolute Gasteiger partial charge is 0.472 e. The average molecular weight is 659 g/mol. The van der Waals surface area contributed by atoms with Crippen LogP contribution in [0.2, 0.25) is 0 Å². The SMILES string of the molecule is CC(=O)OC1CC(OC(C)=O)C2(C)C3C(OCC13C)C(OC(=O)C=Cc1ccccc1)C1(C)C3=CC(C)C(c4ccoc4)C3OCCC12. The fourth-order valence-corrected chi connectivity index (χ4v) is 10.7. The molecule has 9 heteroatoms. The third kappa shape index (κ3) is 4.99. The van der Waals surface area contributed by atoms with Crippen LogP contribution in [0.3, 0.4) is 0 Å². The molecule has 3 aliphatic carbocycles. The quantitative estimate of drug-likeness (QED) is 0.153. The highest BCUT2D eigenvalue weighted by atomic mass is 16.6. The standard InChI is InChI=1S/C39H46O9/c1-22-18-27-33(32(22)26-14-16-43-20-26)44-17-15-28-38(27,5)36(48-31(42)13-12-25-10-8-7-9-11-25)34-35-37(4,21-45-34)29(46-23(2)40)19-30(39(28,35)6)47-24(3)41/h7-14,16,18,20,22,28-30,32-36H,15,17,19,21H2,1-6H3. The Kier molecular flexibility index (Phi) is 8.22. The van der Waals surface area contributed by atoms with Crippen molar-refractivity contribution in [3.63, 3.8) is 0 Å². The summed E-state index contributed by atoms with van der Waals surface area (Å²) in [5.74, 6) is -1.51. The zero-order chi connectivity index (χ0) is 34.0. The number of rotatable bonds is 6. The number of carbonyl (C=O) groups is 3. The first kappa shape index (κ1) is 32.8. The van der Waals surface area contributed by atoms with Crippen LogP contribution in [0.5, 0.6) is 0 Å². The Morgan fingerprint density at radius 2 is 1.67 bits per heavy atom. The zero-order valence-corrected chi connectivity index (χ0v) is 28.5. The van der Waals surface area contributed by atoms with Gasteiger partial charge in [-0.2, -0.15) is 0 Å². The molecule has 2 aromatic rings. The van der Waals surface area contributed by atoms with Crippen molar-refractivity contribution in [2.24, 2.45) is 34.0 Å². The van der Waals surface area contributed by atoms with Crippen molar-refractivity contribution in [1.82, 2.24) is 0 Å². The summed E-state index contributed by atoms with van der Waals surface area (Å²) in [6.07, 6.45) is 7.36. The summed E-state index contributed by atoms with van der Waals surface area (Å²) in [7, 11) is 0. The van der Waals surface area contributed by atoms with Gasteiger partial charge in [-0.3, -0.25) is 9.59 Å². The maximum absolute atomic E-state index is 13.8. The minimum Gasteiger partial charge on any atom is -0.472 e. The Hall–Kier alpha value is -3.69. The Labute approximate surface area is 282 Å². The van der Waals surface area contributed by atoms with Crippen LogP contribution in [0.15, 0.2) is 71.1 Å². The van der Waals surface area contributed by atoms with Gasteiger partial charge in [-0.1, -0.05) is 64.1 Å². The van der Waals surface area contributed by atoms with Crippen molar-refractivity contribution in [1.29, 1.82) is 0 Å². The first-order chi connectivity index (χ1) is 22.9. The van der Waals surface area contributed by atoms with Gasteiger partial charge in [0.1, 0.15) is 18.3 Å². The molecule has 0 spiro atoms. The summed E-state index contributed by atoms with van der Waals surface area (Å²) in [4.78, 5) is 39.0. The zero-order valence-electron chi connectivity index (χ0n) is 28.5. The van der Waals surface area contributed by atoms with Gasteiger partial charge in [0, 0.05) is 61.0 Å². The van der Waals surface area contributed by atoms with E-state index in [2.05, 4.69) is 33.8 Å². The van der Waals surface area contributed by atoms with E-state index in [-0.39, 0.29) is 35.7 Å². The average Bonchev–Trinajstić information content (AvgIpc) is 3.75. The van der Waals surface area contributed by atoms with Gasteiger partial charge in [-0.25, -0.2) is 4.79 Å². The number of allylic oxidation sites excluding steroid dienone is 1. The van der Waals surface area contributed by atoms with E-state index >= 15 is 0 Å². The topological polar surface area (TPSA) is 110 Å². The molecule has 12 unspecified atom stereocenters. The fraction of sp³-hybridized carbons (Fsp3) is 0.564. The molecule has 2 aliphatic heterocycles. The molecule has 4 fully saturated rings. The third-order valence-electron chi connectivity index (χ3n) is 12.5. The molecule has 5 aliphatic rings. The van der Waals surface area contributed by atoms with Crippen LogP contribution in [-0.4, -0.2) is 61.6 Å². The highest BCUT2D eigenvalue weighted by molar-refractivity contribution is 5.87. The minimum atomic E-state index is -0.752. The van der Waals surface area contributed by atoms with Crippen molar-refractivity contribution in [3.05, 3.63) is 77.8 Å². The summed E-state index contributed by atoms with van der Waals surface area (Å²) in [5.41, 5.74) is 1.03. The van der Waals surface area contributed by atoms with Crippen LogP contribution in [0.1, 0.15) is 71.4 Å². The molecule has 12 atom stereocenters. The Morgan fingerprint density at radius 1 is 0.938 bits per heavy atom. The van der Waals surface area contributed by atoms with Crippen molar-refractivity contribution < 1.29 is 42.5 Å². The Bertz CT molecular complexity index is 1610. The Balaban J connectivity index is 1.38. The van der Waals surface area contributed by atoms with Crippen molar-refractivity contribution >= 4 is 24.0 Å². The predicted molar refractivity (Wildman–Crippen MR) is 175 cm³/mol. The second-order valence-corrected chi connectivity index (χ2v) is 15.1. The third-order valence-corrected chi connectivity index (χ3v) is 12.5. The number of ether oxygens (including phenoxy) is 5. The number of benzene rings is 1. The molecular weight excluding hydrogens is 612 g/mol. The van der Waals surface area contributed by atoms with Gasteiger partial charge < -0.3 is 28.1 Å². The molecule has 2 saturated heterocycles. The van der Waals surface area contributed by atoms with Crippen LogP contribution in [-0.2, 0) is 38.1 Å². The first-order valence-corrected chi connectivity index (χ1v) is 17.1. The van der Waals surface area contributed by atoms with E-state index in [9.17, 15) is 14.4 Å². The molecule has 0 amide bonds. The molecule has 256 valence electrons. The maximum Gasteiger partial charge on any atom is 0.331 e. The summed E-state index contributed by atoms with van der Waals surface area (Å²) in [6, 6.07) is 11.6. The summed E-state index contributed by atoms with van der Waals surface area (Å²) < 4.78 is 37.9. The molecule has 9 nitrogen and oxygen atoms in total. The lowest BCUT2D eigenvalue weighted by Gasteiger charge is -2.66. The smallest absolute Gasteiger partial charge is 0.331 e. The number of hydrogen-bond donors (Lipinski definition) is 0. The highest BCUT2D eigenvalue weighted by Crippen LogP contribution is 2.72. The van der Waals surface area contributed by atoms with Gasteiger partial charge in [0.05, 0.1) is 31.3 Å². The van der Waals surface area contributed by atoms with Gasteiger partial charge in [0.25, 0.3) is 0 Å². The van der Waals surface area contributed by atoms with E-state index in [1.807, 2.05) is 36.4 Å². The Morgan fingerprint density at radius 3 is 2.35 bits per heavy atom. The molecule has 0 radical (unpaired) electrons. The van der Waals surface area contributed by atoms with Crippen molar-refractivity contribution in [2.75, 3.05) is 13.2 Å². The summed E-state index contributed by atoms with van der Waals surface area (Å²) in [6.45, 7) is 12.3. The van der Waals surface area contributed by atoms with Gasteiger partial charge >= 0.3 is 17.9 Å². The van der Waals surface area contributed by atoms with E-state index in [1.54, 1.807) is 18.6 Å². The number of fused-ring (bicyclic) bond motifs is 4. The molecule has 7 rings (SSSR count). The number of furan rings is 1. The van der Waals surface area contributed by atoms with E-state index in [0.29, 0.717) is 26.1 Å². The maximum atomic E-state index is 13.8. The number of carbonyl (C=O) groups excluding carboxylic acids is 3. The van der Waals surface area contributed by atoms with E-state index in [0.717, 1.165) is 16.7 Å². The van der Waals surface area contributed by atoms with Crippen LogP contribution < -0.4 is 0 Å². The first-order valence-electron chi connectivity index (χ1n) is 17.1. The predicted octanol–water partition coefficient (Wildman–Crippen LogP) is 6.28. The highest BCUT2D eigenvalue weighted by Gasteiger charge is 2.77. The molecule has 2 saturated carbocycles. The lowest BCUT2D eigenvalue weighted by molar-refractivity contribution is -0.257. The molecule has 0 bridgehead atoms. The van der Waals surface area contributed by atoms with E-state index < -0.39 is 52.6 Å². The molecular formula is C39H46O9. The van der Waals surface area contributed by atoms with Crippen LogP contribution in [0.25, 0.3) is 6.08 Å². The number of esters is 3. The molecule has 0 N–H and O–H groups in total. The van der Waals surface area contributed by atoms with Gasteiger partial charge in [0.15, 0.2) is 0 Å². The molecule has 1 aromatic carbocycles. The van der Waals surface area contributed by atoms with Gasteiger partial charge in [-0.05, 0) is 47.1 Å². The van der Waals surface area contributed by atoms with E-state index in [1.165, 1.54) is 19.9 Å². The number of hydrogen-bond acceptors (Lipinski definition) is 9. The van der Waals surface area contributed by atoms with Crippen molar-refractivity contribution in [3.8, 4) is 0 Å². The summed E-state index contributed by atoms with van der Waals surface area (Å²) >= 11 is 0. The van der Waals surface area contributed by atoms with Crippen molar-refractivity contribution in [2.45, 2.75) is 90.8 Å². The molecule has 3 heterocycles. The monoisotopic (exact) mass is 658 g/mol. The second-order valence-electron chi connectivity index (χ2n) is 15.1. The molecule has 48 heavy (non-hydrogen) atoms. The van der Waals surface area contributed by atoms with Crippen LogP contribution in [0, 0.1) is 34.0 Å². The van der Waals surface area contributed by atoms with Crippen LogP contribution in [0.4, 0.5) is 0 Å². The lowest BCUT2D eigenvalue weighted by atomic mass is 9.39. The van der Waals surface area contributed by atoms with Gasteiger partial charge in [-0.15, -0.1) is 0 Å². The normalized spacial score (nSPS) is 41.4.